The lowest BCUT2D eigenvalue weighted by Crippen LogP contribution is -2.57. The van der Waals surface area contributed by atoms with Gasteiger partial charge in [0.1, 0.15) is 28.5 Å². The number of methoxy groups -OCH3 is 1. The Bertz CT molecular complexity index is 2260. The largest absolute Gasteiger partial charge is 0.497 e. The highest BCUT2D eigenvalue weighted by Crippen LogP contribution is 2.51. The number of rotatable bonds is 8. The van der Waals surface area contributed by atoms with Gasteiger partial charge in [0.15, 0.2) is 11.4 Å². The number of sulfonamides is 1. The summed E-state index contributed by atoms with van der Waals surface area (Å²) >= 11 is 0. The van der Waals surface area contributed by atoms with E-state index in [0.29, 0.717) is 62.5 Å². The predicted molar refractivity (Wildman–Crippen MR) is 212 cm³/mol. The first kappa shape index (κ1) is 42.3. The molecule has 0 radical (unpaired) electrons. The number of allylic oxidation sites excluding steroid dienone is 1. The van der Waals surface area contributed by atoms with Gasteiger partial charge in [-0.25, -0.2) is 13.4 Å². The molecule has 1 aromatic heterocycles. The number of nitrogens with zero attached hydrogens (tertiary/aromatic N) is 2. The number of aromatic nitrogens is 1. The molecule has 0 bridgehead atoms. The van der Waals surface area contributed by atoms with Crippen LogP contribution in [0.25, 0.3) is 10.9 Å². The summed E-state index contributed by atoms with van der Waals surface area (Å²) in [4.78, 5) is 62.5. The van der Waals surface area contributed by atoms with Crippen molar-refractivity contribution < 1.29 is 55.0 Å². The third-order valence-corrected chi connectivity index (χ3v) is 16.1. The number of esters is 1. The number of benzene rings is 1. The van der Waals surface area contributed by atoms with E-state index < -0.39 is 90.7 Å². The maximum Gasteiger partial charge on any atom is 0.437 e. The Hall–Kier alpha value is -4.41. The molecule has 2 aromatic rings. The zero-order chi connectivity index (χ0) is 43.0. The van der Waals surface area contributed by atoms with Gasteiger partial charge < -0.3 is 24.4 Å². The van der Waals surface area contributed by atoms with Crippen molar-refractivity contribution in [2.24, 2.45) is 17.8 Å². The van der Waals surface area contributed by atoms with E-state index in [1.807, 2.05) is 19.9 Å². The molecule has 1 saturated heterocycles. The van der Waals surface area contributed by atoms with Gasteiger partial charge in [-0.15, -0.1) is 0 Å². The highest BCUT2D eigenvalue weighted by atomic mass is 32.2. The molecule has 326 valence electrons. The molecule has 13 nitrogen and oxygen atoms in total. The van der Waals surface area contributed by atoms with E-state index >= 15 is 0 Å². The quantitative estimate of drug-likeness (QED) is 0.235. The van der Waals surface area contributed by atoms with Gasteiger partial charge in [0, 0.05) is 29.2 Å². The Morgan fingerprint density at radius 2 is 1.83 bits per heavy atom. The highest BCUT2D eigenvalue weighted by molar-refractivity contribution is 7.91. The van der Waals surface area contributed by atoms with Gasteiger partial charge in [-0.2, -0.15) is 13.2 Å². The first-order valence-electron chi connectivity index (χ1n) is 21.1. The standard InChI is InChI=1S/C43H53F3N4O9S/c1-25(2)41(18-19-41)58-33(51)20-26-10-8-6-5-7-9-11-27-22-42(27,38(54)49-60(55,56)39(3)16-17-39)48-36(52)32-23-40(24-50(32)37(26)53)15-14-29-30-21-28(57-4)12-13-31(30)47-35(34(29)59-40)43(44,45)46/h9,11-13,21,25-27,32H,5-8,10,14-20,22-24H2,1-4H3,(H,48,52)(H,49,54)/b11-9-/t26-,27-,32+,40-,42-/m1/s1. The summed E-state index contributed by atoms with van der Waals surface area (Å²) in [5.74, 6) is -4.22. The molecule has 1 aromatic carbocycles. The molecule has 3 saturated carbocycles. The van der Waals surface area contributed by atoms with Gasteiger partial charge in [-0.1, -0.05) is 38.8 Å². The number of nitrogens with one attached hydrogen (secondary N) is 2. The Morgan fingerprint density at radius 1 is 1.08 bits per heavy atom. The minimum Gasteiger partial charge on any atom is -0.497 e. The van der Waals surface area contributed by atoms with Crippen molar-refractivity contribution in [3.63, 3.8) is 0 Å². The van der Waals surface area contributed by atoms with Gasteiger partial charge in [0.2, 0.25) is 21.8 Å². The Kier molecular flexibility index (Phi) is 10.5. The van der Waals surface area contributed by atoms with Crippen LogP contribution in [0, 0.1) is 17.8 Å². The lowest BCUT2D eigenvalue weighted by molar-refractivity contribution is -0.158. The van der Waals surface area contributed by atoms with E-state index in [1.54, 1.807) is 19.1 Å². The average molecular weight is 859 g/mol. The van der Waals surface area contributed by atoms with E-state index in [0.717, 1.165) is 6.42 Å². The van der Waals surface area contributed by atoms with Crippen molar-refractivity contribution in [2.45, 2.75) is 144 Å². The second-order valence-corrected chi connectivity index (χ2v) is 20.6. The molecule has 3 aliphatic carbocycles. The molecular weight excluding hydrogens is 806 g/mol. The van der Waals surface area contributed by atoms with E-state index in [1.165, 1.54) is 24.1 Å². The van der Waals surface area contributed by atoms with Gasteiger partial charge in [-0.3, -0.25) is 23.9 Å². The minimum atomic E-state index is -4.92. The number of amides is 3. The summed E-state index contributed by atoms with van der Waals surface area (Å²) < 4.78 is 89.7. The van der Waals surface area contributed by atoms with Crippen LogP contribution in [0.4, 0.5) is 13.2 Å². The molecule has 3 amide bonds. The SMILES string of the molecule is COc1ccc2nc(C(F)(F)F)c3c(c2c1)CC[C@]1(C[C@H]2C(=O)N[C@]4(C(=O)NS(=O)(=O)C5(C)CC5)C[C@H]4/C=C\CCCCC[C@H](CC(=O)OC4(C(C)C)CC4)C(=O)N2C1)O3. The van der Waals surface area contributed by atoms with Crippen molar-refractivity contribution in [1.82, 2.24) is 19.9 Å². The number of fused-ring (bicyclic) bond motifs is 5. The van der Waals surface area contributed by atoms with Crippen LogP contribution in [0.2, 0.25) is 0 Å². The summed E-state index contributed by atoms with van der Waals surface area (Å²) in [5, 5.41) is 3.25. The number of carbonyl (C=O) groups excluding carboxylic acids is 4. The van der Waals surface area contributed by atoms with Crippen molar-refractivity contribution in [2.75, 3.05) is 13.7 Å². The predicted octanol–water partition coefficient (Wildman–Crippen LogP) is 6.06. The summed E-state index contributed by atoms with van der Waals surface area (Å²) in [5.41, 5.74) is -4.60. The maximum atomic E-state index is 14.9. The van der Waals surface area contributed by atoms with Gasteiger partial charge in [0.25, 0.3) is 5.91 Å². The van der Waals surface area contributed by atoms with Crippen LogP contribution in [0.3, 0.4) is 0 Å². The fourth-order valence-electron chi connectivity index (χ4n) is 9.35. The number of halogens is 3. The number of ether oxygens (including phenoxy) is 3. The third kappa shape index (κ3) is 7.72. The van der Waals surface area contributed by atoms with E-state index in [9.17, 15) is 40.8 Å². The number of aryl methyl sites for hydroxylation is 1. The van der Waals surface area contributed by atoms with E-state index in [4.69, 9.17) is 14.2 Å². The Balaban J connectivity index is 1.16. The fourth-order valence-corrected chi connectivity index (χ4v) is 10.7. The molecule has 3 aliphatic heterocycles. The van der Waals surface area contributed by atoms with E-state index in [2.05, 4.69) is 15.0 Å². The van der Waals surface area contributed by atoms with Gasteiger partial charge in [-0.05, 0) is 95.2 Å². The lowest BCUT2D eigenvalue weighted by Gasteiger charge is -2.37. The maximum absolute atomic E-state index is 14.9. The molecule has 17 heteroatoms. The van der Waals surface area contributed by atoms with Crippen LogP contribution in [0.5, 0.6) is 11.5 Å². The number of hydrogen-bond acceptors (Lipinski definition) is 10. The van der Waals surface area contributed by atoms with Crippen LogP contribution in [0.15, 0.2) is 30.4 Å². The normalized spacial score (nSPS) is 30.1. The molecule has 8 rings (SSSR count). The van der Waals surface area contributed by atoms with Crippen LogP contribution >= 0.6 is 0 Å². The van der Waals surface area contributed by atoms with Crippen molar-refractivity contribution >= 4 is 44.6 Å². The molecule has 4 heterocycles. The van der Waals surface area contributed by atoms with Crippen molar-refractivity contribution in [3.05, 3.63) is 41.6 Å². The number of alkyl halides is 3. The molecule has 60 heavy (non-hydrogen) atoms. The summed E-state index contributed by atoms with van der Waals surface area (Å²) in [6, 6.07) is 3.22. The van der Waals surface area contributed by atoms with Gasteiger partial charge >= 0.3 is 12.1 Å². The number of carbonyl (C=O) groups is 4. The zero-order valence-corrected chi connectivity index (χ0v) is 35.2. The molecule has 6 aliphatic rings. The summed E-state index contributed by atoms with van der Waals surface area (Å²) in [6.07, 6.45) is 3.77. The molecule has 4 fully saturated rings. The molecule has 0 unspecified atom stereocenters. The zero-order valence-electron chi connectivity index (χ0n) is 34.4. The first-order chi connectivity index (χ1) is 28.2. The third-order valence-electron chi connectivity index (χ3n) is 13.9. The molecule has 5 atom stereocenters. The molecule has 1 spiro atoms. The van der Waals surface area contributed by atoms with Crippen LogP contribution in [-0.4, -0.2) is 83.2 Å². The fraction of sp³-hybridized carbons (Fsp3) is 0.651. The van der Waals surface area contributed by atoms with Crippen LogP contribution in [-0.2, 0) is 46.5 Å². The number of hydrogen-bond donors (Lipinski definition) is 2. The Morgan fingerprint density at radius 3 is 2.50 bits per heavy atom. The molecular formula is C43H53F3N4O9S. The summed E-state index contributed by atoms with van der Waals surface area (Å²) in [7, 11) is -2.64. The second kappa shape index (κ2) is 14.9. The van der Waals surface area contributed by atoms with Gasteiger partial charge in [0.05, 0.1) is 30.3 Å². The Labute approximate surface area is 347 Å². The average Bonchev–Trinajstić information content (AvgIpc) is 4.14. The minimum absolute atomic E-state index is 0.0724. The number of pyridine rings is 1. The molecule has 2 N–H and O–H groups in total. The lowest BCUT2D eigenvalue weighted by atomic mass is 9.87. The summed E-state index contributed by atoms with van der Waals surface area (Å²) in [6.45, 7) is 5.20. The monoisotopic (exact) mass is 858 g/mol. The smallest absolute Gasteiger partial charge is 0.437 e. The van der Waals surface area contributed by atoms with Crippen molar-refractivity contribution in [3.8, 4) is 11.5 Å². The first-order valence-corrected chi connectivity index (χ1v) is 22.6. The topological polar surface area (TPSA) is 170 Å². The second-order valence-electron chi connectivity index (χ2n) is 18.4. The van der Waals surface area contributed by atoms with E-state index in [-0.39, 0.29) is 55.6 Å². The highest BCUT2D eigenvalue weighted by Gasteiger charge is 2.64. The van der Waals surface area contributed by atoms with Crippen molar-refractivity contribution in [1.29, 1.82) is 0 Å². The van der Waals surface area contributed by atoms with Crippen LogP contribution < -0.4 is 19.5 Å². The van der Waals surface area contributed by atoms with Crippen LogP contribution in [0.1, 0.15) is 115 Å².